The summed E-state index contributed by atoms with van der Waals surface area (Å²) in [5.74, 6) is -10.3. The third kappa shape index (κ3) is 3.26. The molecule has 1 aromatic rings. The molecule has 168 valence electrons. The lowest BCUT2D eigenvalue weighted by molar-refractivity contribution is -0.115. The zero-order chi connectivity index (χ0) is 22.7. The molecule has 0 N–H and O–H groups in total. The van der Waals surface area contributed by atoms with E-state index < -0.39 is 46.7 Å². The summed E-state index contributed by atoms with van der Waals surface area (Å²) in [4.78, 5) is 24.0. The Balaban J connectivity index is 1.62. The van der Waals surface area contributed by atoms with Gasteiger partial charge < -0.3 is 9.47 Å². The number of hydrogen-bond acceptors (Lipinski definition) is 4. The SMILES string of the molecule is CC1(C)[C@@H]2CC[C@@]1(C)[C@@H](OC(=O)c1c(F)c(F)c(OC3=CC(=O)CCC3)c(F)c1F)C2. The number of hydrogen-bond donors (Lipinski definition) is 0. The molecule has 0 aliphatic heterocycles. The number of esters is 1. The molecule has 8 heteroatoms. The van der Waals surface area contributed by atoms with Crippen LogP contribution in [-0.2, 0) is 9.53 Å². The second-order valence-electron chi connectivity index (χ2n) is 9.50. The maximum atomic E-state index is 14.6. The van der Waals surface area contributed by atoms with Gasteiger partial charge in [-0.2, -0.15) is 8.78 Å². The molecule has 2 fully saturated rings. The van der Waals surface area contributed by atoms with E-state index >= 15 is 0 Å². The quantitative estimate of drug-likeness (QED) is 0.346. The normalized spacial score (nSPS) is 29.1. The van der Waals surface area contributed by atoms with Crippen molar-refractivity contribution in [3.05, 3.63) is 40.7 Å². The standard InChI is InChI=1S/C23H24F4O4/c1-22(2)11-7-8-23(22,3)14(9-11)31-21(29)15-16(24)18(26)20(19(27)17(15)25)30-13-6-4-5-12(28)10-13/h10-11,14H,4-9H2,1-3H3/t11-,14+,23+/m1/s1. The minimum atomic E-state index is -1.88. The third-order valence-corrected chi connectivity index (χ3v) is 7.79. The summed E-state index contributed by atoms with van der Waals surface area (Å²) in [6.45, 7) is 6.09. The van der Waals surface area contributed by atoms with Gasteiger partial charge in [-0.3, -0.25) is 4.79 Å². The van der Waals surface area contributed by atoms with E-state index in [-0.39, 0.29) is 35.2 Å². The van der Waals surface area contributed by atoms with Crippen LogP contribution in [0.4, 0.5) is 17.6 Å². The maximum Gasteiger partial charge on any atom is 0.344 e. The average Bonchev–Trinajstić information content (AvgIpc) is 3.03. The Labute approximate surface area is 177 Å². The van der Waals surface area contributed by atoms with Crippen LogP contribution < -0.4 is 4.74 Å². The van der Waals surface area contributed by atoms with E-state index in [4.69, 9.17) is 9.47 Å². The molecule has 0 heterocycles. The van der Waals surface area contributed by atoms with E-state index in [1.165, 1.54) is 0 Å². The Hall–Kier alpha value is -2.38. The lowest BCUT2D eigenvalue weighted by Crippen LogP contribution is -2.38. The smallest absolute Gasteiger partial charge is 0.344 e. The van der Waals surface area contributed by atoms with Crippen LogP contribution in [0.25, 0.3) is 0 Å². The molecule has 0 amide bonds. The number of allylic oxidation sites excluding steroid dienone is 2. The molecule has 0 saturated heterocycles. The number of carbonyl (C=O) groups excluding carboxylic acids is 2. The van der Waals surface area contributed by atoms with Crippen molar-refractivity contribution in [3.8, 4) is 5.75 Å². The van der Waals surface area contributed by atoms with Crippen molar-refractivity contribution in [1.29, 1.82) is 0 Å². The van der Waals surface area contributed by atoms with Crippen LogP contribution in [0.1, 0.15) is 69.7 Å². The number of halogens is 4. The van der Waals surface area contributed by atoms with Gasteiger partial charge in [0.25, 0.3) is 0 Å². The lowest BCUT2D eigenvalue weighted by Gasteiger charge is -2.38. The summed E-state index contributed by atoms with van der Waals surface area (Å²) in [6, 6.07) is 0. The van der Waals surface area contributed by atoms with Gasteiger partial charge in [-0.1, -0.05) is 20.8 Å². The molecule has 4 nitrogen and oxygen atoms in total. The van der Waals surface area contributed by atoms with E-state index in [0.29, 0.717) is 18.8 Å². The topological polar surface area (TPSA) is 52.6 Å². The van der Waals surface area contributed by atoms with Crippen molar-refractivity contribution in [2.24, 2.45) is 16.7 Å². The summed E-state index contributed by atoms with van der Waals surface area (Å²) >= 11 is 0. The molecule has 0 aromatic heterocycles. The fraction of sp³-hybridized carbons (Fsp3) is 0.565. The Kier molecular flexibility index (Phi) is 5.17. The van der Waals surface area contributed by atoms with Crippen molar-refractivity contribution < 1.29 is 36.6 Å². The van der Waals surface area contributed by atoms with E-state index in [1.54, 1.807) is 0 Å². The molecule has 1 aromatic carbocycles. The Morgan fingerprint density at radius 3 is 2.19 bits per heavy atom. The number of ketones is 1. The van der Waals surface area contributed by atoms with E-state index in [1.807, 2.05) is 6.92 Å². The summed E-state index contributed by atoms with van der Waals surface area (Å²) < 4.78 is 68.7. The fourth-order valence-corrected chi connectivity index (χ4v) is 5.35. The van der Waals surface area contributed by atoms with Gasteiger partial charge in [-0.05, 0) is 37.0 Å². The van der Waals surface area contributed by atoms with Crippen LogP contribution in [0.15, 0.2) is 11.8 Å². The first-order valence-corrected chi connectivity index (χ1v) is 10.5. The third-order valence-electron chi connectivity index (χ3n) is 7.79. The number of benzene rings is 1. The summed E-state index contributed by atoms with van der Waals surface area (Å²) in [6.07, 6.45) is 3.56. The van der Waals surface area contributed by atoms with Crippen LogP contribution >= 0.6 is 0 Å². The Morgan fingerprint density at radius 1 is 1.03 bits per heavy atom. The first kappa shape index (κ1) is 21.8. The van der Waals surface area contributed by atoms with Gasteiger partial charge in [0.05, 0.1) is 0 Å². The highest BCUT2D eigenvalue weighted by molar-refractivity contribution is 5.91. The number of ether oxygens (including phenoxy) is 2. The first-order valence-electron chi connectivity index (χ1n) is 10.5. The van der Waals surface area contributed by atoms with E-state index in [0.717, 1.165) is 18.9 Å². The highest BCUT2D eigenvalue weighted by atomic mass is 19.2. The van der Waals surface area contributed by atoms with E-state index in [2.05, 4.69) is 13.8 Å². The number of carbonyl (C=O) groups is 2. The molecule has 0 spiro atoms. The van der Waals surface area contributed by atoms with Crippen LogP contribution in [-0.4, -0.2) is 17.9 Å². The predicted molar refractivity (Wildman–Crippen MR) is 102 cm³/mol. The first-order chi connectivity index (χ1) is 14.5. The Bertz CT molecular complexity index is 971. The maximum absolute atomic E-state index is 14.6. The predicted octanol–water partition coefficient (Wildman–Crippen LogP) is 5.63. The van der Waals surface area contributed by atoms with Crippen molar-refractivity contribution in [1.82, 2.24) is 0 Å². The van der Waals surface area contributed by atoms with Gasteiger partial charge in [0.1, 0.15) is 17.4 Å². The highest BCUT2D eigenvalue weighted by Gasteiger charge is 2.63. The monoisotopic (exact) mass is 440 g/mol. The molecule has 3 aliphatic rings. The second kappa shape index (κ2) is 7.35. The van der Waals surface area contributed by atoms with Gasteiger partial charge in [0.2, 0.25) is 17.4 Å². The summed E-state index contributed by atoms with van der Waals surface area (Å²) in [5, 5.41) is 0. The highest BCUT2D eigenvalue weighted by Crippen LogP contribution is 2.66. The second-order valence-corrected chi connectivity index (χ2v) is 9.50. The molecule has 0 unspecified atom stereocenters. The van der Waals surface area contributed by atoms with Crippen molar-refractivity contribution in [2.45, 2.75) is 65.4 Å². The number of rotatable bonds is 4. The van der Waals surface area contributed by atoms with Crippen molar-refractivity contribution in [3.63, 3.8) is 0 Å². The zero-order valence-electron chi connectivity index (χ0n) is 17.6. The molecular formula is C23H24F4O4. The van der Waals surface area contributed by atoms with Gasteiger partial charge in [0, 0.05) is 24.3 Å². The molecule has 2 saturated carbocycles. The molecule has 31 heavy (non-hydrogen) atoms. The van der Waals surface area contributed by atoms with E-state index in [9.17, 15) is 27.2 Å². The lowest BCUT2D eigenvalue weighted by atomic mass is 9.70. The van der Waals surface area contributed by atoms with Crippen LogP contribution in [0.2, 0.25) is 0 Å². The molecular weight excluding hydrogens is 416 g/mol. The van der Waals surface area contributed by atoms with Crippen molar-refractivity contribution in [2.75, 3.05) is 0 Å². The zero-order valence-corrected chi connectivity index (χ0v) is 17.6. The van der Waals surface area contributed by atoms with Gasteiger partial charge >= 0.3 is 5.97 Å². The fourth-order valence-electron chi connectivity index (χ4n) is 5.35. The number of fused-ring (bicyclic) bond motifs is 2. The minimum absolute atomic E-state index is 0.0969. The van der Waals surface area contributed by atoms with Crippen molar-refractivity contribution >= 4 is 11.8 Å². The van der Waals surface area contributed by atoms with Gasteiger partial charge in [0.15, 0.2) is 17.4 Å². The molecule has 3 atom stereocenters. The summed E-state index contributed by atoms with van der Waals surface area (Å²) in [5.41, 5.74) is -1.94. The van der Waals surface area contributed by atoms with Crippen LogP contribution in [0.5, 0.6) is 5.75 Å². The molecule has 0 radical (unpaired) electrons. The molecule has 3 aliphatic carbocycles. The average molecular weight is 440 g/mol. The minimum Gasteiger partial charge on any atom is -0.458 e. The summed E-state index contributed by atoms with van der Waals surface area (Å²) in [7, 11) is 0. The van der Waals surface area contributed by atoms with Gasteiger partial charge in [-0.25, -0.2) is 13.6 Å². The molecule has 2 bridgehead atoms. The largest absolute Gasteiger partial charge is 0.458 e. The van der Waals surface area contributed by atoms with Crippen LogP contribution in [0.3, 0.4) is 0 Å². The van der Waals surface area contributed by atoms with Gasteiger partial charge in [-0.15, -0.1) is 0 Å². The Morgan fingerprint density at radius 2 is 1.68 bits per heavy atom. The molecule has 4 rings (SSSR count). The van der Waals surface area contributed by atoms with Crippen LogP contribution in [0, 0.1) is 40.0 Å².